The number of furan rings is 1. The number of nitrogens with zero attached hydrogens (tertiary/aromatic N) is 1. The topological polar surface area (TPSA) is 69.0 Å². The van der Waals surface area contributed by atoms with Crippen LogP contribution in [0.5, 0.6) is 5.75 Å². The molecule has 3 rings (SSSR count). The van der Waals surface area contributed by atoms with Crippen molar-refractivity contribution in [3.63, 3.8) is 0 Å². The fourth-order valence-corrected chi connectivity index (χ4v) is 3.30. The van der Waals surface area contributed by atoms with Crippen LogP contribution in [0.25, 0.3) is 11.3 Å². The zero-order chi connectivity index (χ0) is 23.5. The number of benzene rings is 2. The molecule has 0 saturated carbocycles. The average molecular weight is 448 g/mol. The number of unbranched alkanes of at least 4 members (excludes halogenated alkanes) is 1. The van der Waals surface area contributed by atoms with Gasteiger partial charge in [0.25, 0.3) is 5.91 Å². The Kier molecular flexibility index (Phi) is 8.88. The highest BCUT2D eigenvalue weighted by Crippen LogP contribution is 2.23. The van der Waals surface area contributed by atoms with E-state index < -0.39 is 0 Å². The molecule has 0 fully saturated rings. The van der Waals surface area contributed by atoms with E-state index in [1.807, 2.05) is 60.7 Å². The lowest BCUT2D eigenvalue weighted by Gasteiger charge is -2.19. The summed E-state index contributed by atoms with van der Waals surface area (Å²) in [6, 6.07) is 18.8. The van der Waals surface area contributed by atoms with E-state index in [9.17, 15) is 9.59 Å². The van der Waals surface area contributed by atoms with Crippen LogP contribution in [0.2, 0.25) is 0 Å². The summed E-state index contributed by atoms with van der Waals surface area (Å²) in [7, 11) is 1.78. The predicted octanol–water partition coefficient (Wildman–Crippen LogP) is 5.50. The smallest absolute Gasteiger partial charge is 0.330 e. The highest BCUT2D eigenvalue weighted by atomic mass is 16.5. The maximum Gasteiger partial charge on any atom is 0.330 e. The van der Waals surface area contributed by atoms with Gasteiger partial charge in [0.1, 0.15) is 11.5 Å². The van der Waals surface area contributed by atoms with E-state index in [0.717, 1.165) is 29.1 Å². The molecule has 0 spiro atoms. The van der Waals surface area contributed by atoms with Gasteiger partial charge in [0.2, 0.25) is 0 Å². The maximum absolute atomic E-state index is 12.9. The minimum Gasteiger partial charge on any atom is -0.493 e. The summed E-state index contributed by atoms with van der Waals surface area (Å²) in [5.41, 5.74) is 2.47. The van der Waals surface area contributed by atoms with E-state index in [1.54, 1.807) is 31.2 Å². The highest BCUT2D eigenvalue weighted by molar-refractivity contribution is 5.94. The Hall–Kier alpha value is -3.80. The number of para-hydroxylation sites is 1. The Morgan fingerprint density at radius 3 is 2.55 bits per heavy atom. The van der Waals surface area contributed by atoms with E-state index >= 15 is 0 Å². The van der Waals surface area contributed by atoms with Crippen LogP contribution >= 0.6 is 0 Å². The summed E-state index contributed by atoms with van der Waals surface area (Å²) in [4.78, 5) is 25.9. The third-order valence-corrected chi connectivity index (χ3v) is 4.98. The monoisotopic (exact) mass is 447 g/mol. The molecule has 0 aliphatic carbocycles. The number of rotatable bonds is 11. The third-order valence-electron chi connectivity index (χ3n) is 4.98. The molecule has 33 heavy (non-hydrogen) atoms. The van der Waals surface area contributed by atoms with Gasteiger partial charge in [-0.15, -0.1) is 0 Å². The van der Waals surface area contributed by atoms with Crippen LogP contribution in [-0.4, -0.2) is 37.0 Å². The fraction of sp³-hybridized carbons (Fsp3) is 0.259. The first-order chi connectivity index (χ1) is 16.1. The Labute approximate surface area is 194 Å². The largest absolute Gasteiger partial charge is 0.493 e. The first-order valence-corrected chi connectivity index (χ1v) is 11.0. The molecule has 172 valence electrons. The van der Waals surface area contributed by atoms with Gasteiger partial charge in [0.05, 0.1) is 19.5 Å². The number of ether oxygens (including phenoxy) is 2. The minimum absolute atomic E-state index is 0.0695. The Bertz CT molecular complexity index is 1050. The molecule has 2 aromatic carbocycles. The number of hydrogen-bond acceptors (Lipinski definition) is 5. The summed E-state index contributed by atoms with van der Waals surface area (Å²) in [6.07, 6.45) is 6.34. The number of carbonyl (C=O) groups is 2. The van der Waals surface area contributed by atoms with Gasteiger partial charge in [0, 0.05) is 36.4 Å². The van der Waals surface area contributed by atoms with E-state index in [2.05, 4.69) is 0 Å². The molecule has 0 saturated heterocycles. The summed E-state index contributed by atoms with van der Waals surface area (Å²) in [5.74, 6) is 1.12. The molecule has 0 bridgehead atoms. The molecule has 3 aromatic rings. The standard InChI is InChI=1S/C27H29NO5/c1-3-31-26(29)13-5-4-8-18-32-25-11-7-6-10-23(25)20-28(2)27(30)22-16-14-21(15-17-22)24-12-9-19-33-24/h5-7,9-17,19H,3-4,8,18,20H2,1-2H3/b13-5+. The molecule has 1 heterocycles. The van der Waals surface area contributed by atoms with Crippen molar-refractivity contribution < 1.29 is 23.5 Å². The Balaban J connectivity index is 1.53. The Morgan fingerprint density at radius 2 is 1.82 bits per heavy atom. The molecule has 0 N–H and O–H groups in total. The van der Waals surface area contributed by atoms with Crippen molar-refractivity contribution in [2.24, 2.45) is 0 Å². The molecular formula is C27H29NO5. The van der Waals surface area contributed by atoms with Crippen LogP contribution in [0, 0.1) is 0 Å². The van der Waals surface area contributed by atoms with Crippen LogP contribution in [-0.2, 0) is 16.1 Å². The molecule has 6 heteroatoms. The summed E-state index contributed by atoms with van der Waals surface area (Å²) in [6.45, 7) is 3.09. The third kappa shape index (κ3) is 7.10. The summed E-state index contributed by atoms with van der Waals surface area (Å²) >= 11 is 0. The molecule has 0 aliphatic heterocycles. The van der Waals surface area contributed by atoms with Crippen LogP contribution < -0.4 is 4.74 Å². The lowest BCUT2D eigenvalue weighted by atomic mass is 10.1. The predicted molar refractivity (Wildman–Crippen MR) is 127 cm³/mol. The van der Waals surface area contributed by atoms with Crippen molar-refractivity contribution in [1.29, 1.82) is 0 Å². The van der Waals surface area contributed by atoms with E-state index in [4.69, 9.17) is 13.9 Å². The number of allylic oxidation sites excluding steroid dienone is 1. The fourth-order valence-electron chi connectivity index (χ4n) is 3.30. The molecule has 0 aliphatic rings. The van der Waals surface area contributed by atoms with Crippen molar-refractivity contribution in [1.82, 2.24) is 4.90 Å². The average Bonchev–Trinajstić information content (AvgIpc) is 3.37. The van der Waals surface area contributed by atoms with Crippen LogP contribution in [0.3, 0.4) is 0 Å². The lowest BCUT2D eigenvalue weighted by molar-refractivity contribution is -0.137. The second-order valence-corrected chi connectivity index (χ2v) is 7.47. The van der Waals surface area contributed by atoms with Crippen molar-refractivity contribution >= 4 is 11.9 Å². The van der Waals surface area contributed by atoms with Crippen molar-refractivity contribution in [2.45, 2.75) is 26.3 Å². The lowest BCUT2D eigenvalue weighted by Crippen LogP contribution is -2.26. The number of amides is 1. The van der Waals surface area contributed by atoms with Gasteiger partial charge < -0.3 is 18.8 Å². The molecular weight excluding hydrogens is 418 g/mol. The minimum atomic E-state index is -0.327. The van der Waals surface area contributed by atoms with Crippen molar-refractivity contribution in [3.05, 3.63) is 90.2 Å². The molecule has 1 aromatic heterocycles. The van der Waals surface area contributed by atoms with Gasteiger partial charge >= 0.3 is 5.97 Å². The van der Waals surface area contributed by atoms with Crippen LogP contribution in [0.4, 0.5) is 0 Å². The quantitative estimate of drug-likeness (QED) is 0.221. The first kappa shape index (κ1) is 23.9. The van der Waals surface area contributed by atoms with Crippen molar-refractivity contribution in [3.8, 4) is 17.1 Å². The molecule has 6 nitrogen and oxygen atoms in total. The zero-order valence-electron chi connectivity index (χ0n) is 19.0. The van der Waals surface area contributed by atoms with E-state index in [0.29, 0.717) is 31.7 Å². The van der Waals surface area contributed by atoms with Gasteiger partial charge in [-0.05, 0) is 50.1 Å². The van der Waals surface area contributed by atoms with Gasteiger partial charge in [-0.25, -0.2) is 4.79 Å². The summed E-state index contributed by atoms with van der Waals surface area (Å²) < 4.78 is 16.2. The van der Waals surface area contributed by atoms with Gasteiger partial charge in [0.15, 0.2) is 0 Å². The molecule has 1 amide bonds. The maximum atomic E-state index is 12.9. The first-order valence-electron chi connectivity index (χ1n) is 11.0. The summed E-state index contributed by atoms with van der Waals surface area (Å²) in [5, 5.41) is 0. The molecule has 0 radical (unpaired) electrons. The van der Waals surface area contributed by atoms with Gasteiger partial charge in [-0.2, -0.15) is 0 Å². The Morgan fingerprint density at radius 1 is 1.03 bits per heavy atom. The molecule has 0 unspecified atom stereocenters. The van der Waals surface area contributed by atoms with Gasteiger partial charge in [-0.3, -0.25) is 4.79 Å². The van der Waals surface area contributed by atoms with Crippen LogP contribution in [0.15, 0.2) is 83.5 Å². The van der Waals surface area contributed by atoms with Gasteiger partial charge in [-0.1, -0.05) is 36.4 Å². The number of esters is 1. The number of carbonyl (C=O) groups excluding carboxylic acids is 2. The molecule has 0 atom stereocenters. The van der Waals surface area contributed by atoms with E-state index in [-0.39, 0.29) is 11.9 Å². The highest BCUT2D eigenvalue weighted by Gasteiger charge is 2.14. The number of hydrogen-bond donors (Lipinski definition) is 0. The zero-order valence-corrected chi connectivity index (χ0v) is 19.0. The second-order valence-electron chi connectivity index (χ2n) is 7.47. The van der Waals surface area contributed by atoms with E-state index in [1.165, 1.54) is 6.08 Å². The second kappa shape index (κ2) is 12.3. The van der Waals surface area contributed by atoms with Crippen LogP contribution in [0.1, 0.15) is 35.7 Å². The normalized spacial score (nSPS) is 10.8. The SMILES string of the molecule is CCOC(=O)/C=C/CCCOc1ccccc1CN(C)C(=O)c1ccc(-c2ccco2)cc1. The van der Waals surface area contributed by atoms with Crippen molar-refractivity contribution in [2.75, 3.05) is 20.3 Å².